The maximum atomic E-state index is 5.53. The molecule has 5 nitrogen and oxygen atoms in total. The van der Waals surface area contributed by atoms with Gasteiger partial charge in [-0.3, -0.25) is 0 Å². The summed E-state index contributed by atoms with van der Waals surface area (Å²) in [5.41, 5.74) is 1.18. The Labute approximate surface area is 160 Å². The smallest absolute Gasteiger partial charge is 0.0718 e. The summed E-state index contributed by atoms with van der Waals surface area (Å²) >= 11 is 3.39. The van der Waals surface area contributed by atoms with E-state index in [0.29, 0.717) is 59.5 Å². The Morgan fingerprint density at radius 2 is 1.04 bits per heavy atom. The first-order valence-electron chi connectivity index (χ1n) is 8.92. The van der Waals surface area contributed by atoms with Crippen LogP contribution in [0.25, 0.3) is 0 Å². The van der Waals surface area contributed by atoms with Gasteiger partial charge in [0.1, 0.15) is 0 Å². The molecule has 25 heavy (non-hydrogen) atoms. The van der Waals surface area contributed by atoms with E-state index in [1.54, 1.807) is 0 Å². The zero-order valence-corrected chi connectivity index (χ0v) is 16.6. The van der Waals surface area contributed by atoms with Gasteiger partial charge in [0.15, 0.2) is 0 Å². The Hall–Kier alpha value is -0.500. The number of ether oxygens (including phenoxy) is 5. The molecule has 0 aromatic heterocycles. The van der Waals surface area contributed by atoms with Crippen molar-refractivity contribution < 1.29 is 23.7 Å². The van der Waals surface area contributed by atoms with Crippen LogP contribution < -0.4 is 0 Å². The molecule has 144 valence electrons. The van der Waals surface area contributed by atoms with E-state index in [4.69, 9.17) is 23.7 Å². The third-order valence-electron chi connectivity index (χ3n) is 3.27. The Bertz CT molecular complexity index is 377. The largest absolute Gasteiger partial charge is 0.379 e. The maximum Gasteiger partial charge on any atom is 0.0718 e. The van der Waals surface area contributed by atoms with Gasteiger partial charge < -0.3 is 23.7 Å². The standard InChI is InChI=1S/C19H31BrO5/c20-8-4-5-9-21-10-11-22-12-13-23-14-15-24-16-17-25-18-19-6-2-1-3-7-19/h1-3,6-7H,4-5,8-18H2. The summed E-state index contributed by atoms with van der Waals surface area (Å²) in [6.45, 7) is 6.18. The fourth-order valence-corrected chi connectivity index (χ4v) is 2.34. The number of hydrogen-bond donors (Lipinski definition) is 0. The minimum absolute atomic E-state index is 0.574. The third kappa shape index (κ3) is 15.5. The average Bonchev–Trinajstić information content (AvgIpc) is 2.65. The van der Waals surface area contributed by atoms with Gasteiger partial charge in [-0.2, -0.15) is 0 Å². The molecule has 0 unspecified atom stereocenters. The topological polar surface area (TPSA) is 46.2 Å². The van der Waals surface area contributed by atoms with Crippen molar-refractivity contribution in [3.8, 4) is 0 Å². The van der Waals surface area contributed by atoms with Crippen LogP contribution in [0.15, 0.2) is 30.3 Å². The predicted molar refractivity (Wildman–Crippen MR) is 102 cm³/mol. The van der Waals surface area contributed by atoms with Crippen LogP contribution in [-0.4, -0.2) is 64.8 Å². The molecule has 1 aromatic carbocycles. The van der Waals surface area contributed by atoms with Gasteiger partial charge in [-0.05, 0) is 18.4 Å². The van der Waals surface area contributed by atoms with Crippen LogP contribution in [0.5, 0.6) is 0 Å². The lowest BCUT2D eigenvalue weighted by Gasteiger charge is -2.08. The van der Waals surface area contributed by atoms with Crippen LogP contribution in [0.3, 0.4) is 0 Å². The molecule has 6 heteroatoms. The van der Waals surface area contributed by atoms with Crippen molar-refractivity contribution in [2.24, 2.45) is 0 Å². The number of rotatable bonds is 18. The van der Waals surface area contributed by atoms with E-state index in [0.717, 1.165) is 24.8 Å². The van der Waals surface area contributed by atoms with Crippen molar-refractivity contribution in [2.45, 2.75) is 19.4 Å². The monoisotopic (exact) mass is 418 g/mol. The second-order valence-corrected chi connectivity index (χ2v) is 6.18. The average molecular weight is 419 g/mol. The molecule has 0 bridgehead atoms. The van der Waals surface area contributed by atoms with Crippen LogP contribution in [0.4, 0.5) is 0 Å². The molecule has 0 spiro atoms. The van der Waals surface area contributed by atoms with E-state index < -0.39 is 0 Å². The van der Waals surface area contributed by atoms with Gasteiger partial charge in [0.2, 0.25) is 0 Å². The Balaban J connectivity index is 1.69. The van der Waals surface area contributed by atoms with E-state index >= 15 is 0 Å². The summed E-state index contributed by atoms with van der Waals surface area (Å²) in [6, 6.07) is 10.1. The third-order valence-corrected chi connectivity index (χ3v) is 3.83. The molecule has 1 rings (SSSR count). The van der Waals surface area contributed by atoms with Gasteiger partial charge in [-0.15, -0.1) is 0 Å². The van der Waals surface area contributed by atoms with E-state index in [2.05, 4.69) is 15.9 Å². The molecule has 0 radical (unpaired) electrons. The Morgan fingerprint density at radius 3 is 1.56 bits per heavy atom. The summed E-state index contributed by atoms with van der Waals surface area (Å²) in [5, 5.41) is 1.04. The summed E-state index contributed by atoms with van der Waals surface area (Å²) < 4.78 is 27.3. The predicted octanol–water partition coefficient (Wildman–Crippen LogP) is 3.44. The van der Waals surface area contributed by atoms with Crippen molar-refractivity contribution in [3.63, 3.8) is 0 Å². The van der Waals surface area contributed by atoms with E-state index in [-0.39, 0.29) is 0 Å². The molecule has 0 N–H and O–H groups in total. The molecular formula is C19H31BrO5. The van der Waals surface area contributed by atoms with Gasteiger partial charge in [-0.25, -0.2) is 0 Å². The van der Waals surface area contributed by atoms with Crippen LogP contribution in [0, 0.1) is 0 Å². The first-order chi connectivity index (χ1) is 12.4. The molecule has 0 saturated heterocycles. The zero-order chi connectivity index (χ0) is 17.8. The van der Waals surface area contributed by atoms with E-state index in [1.807, 2.05) is 30.3 Å². The number of alkyl halides is 1. The van der Waals surface area contributed by atoms with Crippen LogP contribution in [-0.2, 0) is 30.3 Å². The van der Waals surface area contributed by atoms with Crippen LogP contribution in [0.1, 0.15) is 18.4 Å². The molecule has 0 amide bonds. The van der Waals surface area contributed by atoms with E-state index in [9.17, 15) is 0 Å². The molecule has 0 aliphatic rings. The summed E-state index contributed by atoms with van der Waals surface area (Å²) in [6.07, 6.45) is 2.24. The molecule has 0 fully saturated rings. The maximum absolute atomic E-state index is 5.53. The van der Waals surface area contributed by atoms with Crippen LogP contribution in [0.2, 0.25) is 0 Å². The number of halogens is 1. The highest BCUT2D eigenvalue weighted by Gasteiger charge is 1.94. The van der Waals surface area contributed by atoms with Crippen LogP contribution >= 0.6 is 15.9 Å². The first kappa shape index (κ1) is 22.5. The Morgan fingerprint density at radius 1 is 0.560 bits per heavy atom. The van der Waals surface area contributed by atoms with Gasteiger partial charge in [0.05, 0.1) is 59.5 Å². The fraction of sp³-hybridized carbons (Fsp3) is 0.684. The highest BCUT2D eigenvalue weighted by atomic mass is 79.9. The Kier molecular flexibility index (Phi) is 16.5. The highest BCUT2D eigenvalue weighted by molar-refractivity contribution is 9.09. The van der Waals surface area contributed by atoms with Crippen molar-refractivity contribution in [1.82, 2.24) is 0 Å². The second kappa shape index (κ2) is 18.3. The fourth-order valence-electron chi connectivity index (χ4n) is 1.94. The molecule has 0 atom stereocenters. The van der Waals surface area contributed by atoms with Gasteiger partial charge in [0, 0.05) is 11.9 Å². The second-order valence-electron chi connectivity index (χ2n) is 5.38. The van der Waals surface area contributed by atoms with E-state index in [1.165, 1.54) is 5.56 Å². The SMILES string of the molecule is BrCCCCOCCOCCOCCOCCOCc1ccccc1. The summed E-state index contributed by atoms with van der Waals surface area (Å²) in [4.78, 5) is 0. The lowest BCUT2D eigenvalue weighted by molar-refractivity contribution is -0.0125. The first-order valence-corrected chi connectivity index (χ1v) is 10.0. The van der Waals surface area contributed by atoms with Crippen molar-refractivity contribution in [2.75, 3.05) is 64.8 Å². The molecular weight excluding hydrogens is 388 g/mol. The highest BCUT2D eigenvalue weighted by Crippen LogP contribution is 2.00. The molecule has 0 aliphatic carbocycles. The number of hydrogen-bond acceptors (Lipinski definition) is 5. The van der Waals surface area contributed by atoms with Gasteiger partial charge >= 0.3 is 0 Å². The lowest BCUT2D eigenvalue weighted by atomic mass is 10.2. The van der Waals surface area contributed by atoms with Crippen molar-refractivity contribution in [1.29, 1.82) is 0 Å². The number of unbranched alkanes of at least 4 members (excludes halogenated alkanes) is 1. The summed E-state index contributed by atoms with van der Waals surface area (Å²) in [7, 11) is 0. The lowest BCUT2D eigenvalue weighted by Crippen LogP contribution is -2.13. The molecule has 1 aromatic rings. The van der Waals surface area contributed by atoms with Crippen molar-refractivity contribution in [3.05, 3.63) is 35.9 Å². The van der Waals surface area contributed by atoms with Gasteiger partial charge in [0.25, 0.3) is 0 Å². The quantitative estimate of drug-likeness (QED) is 0.270. The van der Waals surface area contributed by atoms with Crippen molar-refractivity contribution >= 4 is 15.9 Å². The summed E-state index contributed by atoms with van der Waals surface area (Å²) in [5.74, 6) is 0. The van der Waals surface area contributed by atoms with Gasteiger partial charge in [-0.1, -0.05) is 46.3 Å². The zero-order valence-electron chi connectivity index (χ0n) is 15.0. The normalized spacial score (nSPS) is 11.1. The molecule has 0 aliphatic heterocycles. The minimum Gasteiger partial charge on any atom is -0.379 e. The molecule has 0 heterocycles. The molecule has 0 saturated carbocycles. The number of benzene rings is 1. The minimum atomic E-state index is 0.574.